The van der Waals surface area contributed by atoms with Crippen molar-refractivity contribution in [1.29, 1.82) is 0 Å². The third-order valence-electron chi connectivity index (χ3n) is 4.48. The van der Waals surface area contributed by atoms with Crippen LogP contribution in [0.4, 0.5) is 0 Å². The van der Waals surface area contributed by atoms with Gasteiger partial charge in [0, 0.05) is 6.04 Å². The topological polar surface area (TPSA) is 21.3 Å². The number of benzene rings is 1. The predicted molar refractivity (Wildman–Crippen MR) is 85.4 cm³/mol. The van der Waals surface area contributed by atoms with E-state index in [0.29, 0.717) is 6.04 Å². The van der Waals surface area contributed by atoms with Gasteiger partial charge in [-0.3, -0.25) is 0 Å². The summed E-state index contributed by atoms with van der Waals surface area (Å²) in [6.07, 6.45) is 9.63. The SMILES string of the molecule is COc1ccccc1CC(C)NCCCC1CCCC1. The lowest BCUT2D eigenvalue weighted by Gasteiger charge is -2.16. The number of para-hydroxylation sites is 1. The Labute approximate surface area is 123 Å². The summed E-state index contributed by atoms with van der Waals surface area (Å²) in [5, 5.41) is 3.65. The molecule has 1 aliphatic rings. The molecule has 2 nitrogen and oxygen atoms in total. The van der Waals surface area contributed by atoms with E-state index in [0.717, 1.165) is 24.6 Å². The van der Waals surface area contributed by atoms with Gasteiger partial charge in [-0.25, -0.2) is 0 Å². The molecule has 0 saturated heterocycles. The minimum atomic E-state index is 0.509. The molecule has 112 valence electrons. The van der Waals surface area contributed by atoms with Gasteiger partial charge >= 0.3 is 0 Å². The normalized spacial score (nSPS) is 17.3. The maximum absolute atomic E-state index is 5.41. The molecule has 0 spiro atoms. The highest BCUT2D eigenvalue weighted by molar-refractivity contribution is 5.33. The van der Waals surface area contributed by atoms with Crippen LogP contribution in [-0.2, 0) is 6.42 Å². The maximum Gasteiger partial charge on any atom is 0.122 e. The van der Waals surface area contributed by atoms with Gasteiger partial charge in [0.15, 0.2) is 0 Å². The summed E-state index contributed by atoms with van der Waals surface area (Å²) in [4.78, 5) is 0. The molecule has 1 saturated carbocycles. The number of rotatable bonds is 8. The summed E-state index contributed by atoms with van der Waals surface area (Å²) in [5.74, 6) is 2.02. The number of hydrogen-bond acceptors (Lipinski definition) is 2. The van der Waals surface area contributed by atoms with E-state index in [1.165, 1.54) is 44.1 Å². The fourth-order valence-electron chi connectivity index (χ4n) is 3.31. The second-order valence-corrected chi connectivity index (χ2v) is 6.16. The van der Waals surface area contributed by atoms with E-state index in [9.17, 15) is 0 Å². The third-order valence-corrected chi connectivity index (χ3v) is 4.48. The van der Waals surface area contributed by atoms with Crippen LogP contribution in [0.1, 0.15) is 51.0 Å². The van der Waals surface area contributed by atoms with Crippen molar-refractivity contribution in [2.45, 2.75) is 57.9 Å². The summed E-state index contributed by atoms with van der Waals surface area (Å²) < 4.78 is 5.41. The van der Waals surface area contributed by atoms with Gasteiger partial charge in [0.1, 0.15) is 5.75 Å². The van der Waals surface area contributed by atoms with E-state index in [2.05, 4.69) is 24.4 Å². The quantitative estimate of drug-likeness (QED) is 0.718. The van der Waals surface area contributed by atoms with Crippen LogP contribution in [0.5, 0.6) is 5.75 Å². The van der Waals surface area contributed by atoms with Crippen LogP contribution < -0.4 is 10.1 Å². The van der Waals surface area contributed by atoms with Crippen molar-refractivity contribution in [1.82, 2.24) is 5.32 Å². The lowest BCUT2D eigenvalue weighted by molar-refractivity contribution is 0.404. The number of nitrogens with one attached hydrogen (secondary N) is 1. The standard InChI is InChI=1S/C18H29NO/c1-15(14-17-11-5-6-12-18(17)20-2)19-13-7-10-16-8-3-4-9-16/h5-6,11-12,15-16,19H,3-4,7-10,13-14H2,1-2H3. The van der Waals surface area contributed by atoms with E-state index in [-0.39, 0.29) is 0 Å². The molecule has 1 aliphatic carbocycles. The van der Waals surface area contributed by atoms with Crippen LogP contribution in [0.15, 0.2) is 24.3 Å². The molecule has 2 rings (SSSR count). The van der Waals surface area contributed by atoms with E-state index >= 15 is 0 Å². The minimum Gasteiger partial charge on any atom is -0.496 e. The zero-order chi connectivity index (χ0) is 14.2. The molecule has 1 atom stereocenters. The molecule has 0 aromatic heterocycles. The lowest BCUT2D eigenvalue weighted by Crippen LogP contribution is -2.29. The first kappa shape index (κ1) is 15.4. The third kappa shape index (κ3) is 4.82. The smallest absolute Gasteiger partial charge is 0.122 e. The molecule has 1 aromatic rings. The van der Waals surface area contributed by atoms with E-state index in [1.807, 2.05) is 12.1 Å². The van der Waals surface area contributed by atoms with E-state index in [1.54, 1.807) is 7.11 Å². The molecule has 1 fully saturated rings. The van der Waals surface area contributed by atoms with Crippen molar-refractivity contribution in [3.8, 4) is 5.75 Å². The van der Waals surface area contributed by atoms with E-state index in [4.69, 9.17) is 4.74 Å². The number of hydrogen-bond donors (Lipinski definition) is 1. The van der Waals surface area contributed by atoms with Gasteiger partial charge in [-0.2, -0.15) is 0 Å². The highest BCUT2D eigenvalue weighted by atomic mass is 16.5. The average molecular weight is 275 g/mol. The molecular formula is C18H29NO. The van der Waals surface area contributed by atoms with Gasteiger partial charge in [-0.1, -0.05) is 43.9 Å². The molecule has 2 heteroatoms. The van der Waals surface area contributed by atoms with Crippen LogP contribution in [0.3, 0.4) is 0 Å². The molecule has 0 heterocycles. The minimum absolute atomic E-state index is 0.509. The van der Waals surface area contributed by atoms with Crippen LogP contribution >= 0.6 is 0 Å². The first-order valence-electron chi connectivity index (χ1n) is 8.15. The highest BCUT2D eigenvalue weighted by Crippen LogP contribution is 2.28. The first-order chi connectivity index (χ1) is 9.79. The monoisotopic (exact) mass is 275 g/mol. The molecule has 0 aliphatic heterocycles. The Balaban J connectivity index is 1.65. The fourth-order valence-corrected chi connectivity index (χ4v) is 3.31. The summed E-state index contributed by atoms with van der Waals surface area (Å²) in [5.41, 5.74) is 1.30. The molecule has 20 heavy (non-hydrogen) atoms. The van der Waals surface area contributed by atoms with Gasteiger partial charge in [0.05, 0.1) is 7.11 Å². The van der Waals surface area contributed by atoms with Crippen molar-refractivity contribution < 1.29 is 4.74 Å². The molecule has 1 N–H and O–H groups in total. The van der Waals surface area contributed by atoms with Crippen molar-refractivity contribution in [2.75, 3.05) is 13.7 Å². The Morgan fingerprint density at radius 1 is 1.25 bits per heavy atom. The number of methoxy groups -OCH3 is 1. The molecular weight excluding hydrogens is 246 g/mol. The van der Waals surface area contributed by atoms with Gasteiger partial charge in [-0.05, 0) is 50.3 Å². The van der Waals surface area contributed by atoms with Gasteiger partial charge in [0.2, 0.25) is 0 Å². The summed E-state index contributed by atoms with van der Waals surface area (Å²) in [6.45, 7) is 3.41. The van der Waals surface area contributed by atoms with Gasteiger partial charge in [0.25, 0.3) is 0 Å². The van der Waals surface area contributed by atoms with Gasteiger partial charge in [-0.15, -0.1) is 0 Å². The maximum atomic E-state index is 5.41. The van der Waals surface area contributed by atoms with Crippen LogP contribution in [0.25, 0.3) is 0 Å². The van der Waals surface area contributed by atoms with Crippen molar-refractivity contribution in [2.24, 2.45) is 5.92 Å². The molecule has 0 amide bonds. The predicted octanol–water partition coefficient (Wildman–Crippen LogP) is 4.19. The van der Waals surface area contributed by atoms with Gasteiger partial charge < -0.3 is 10.1 Å². The largest absolute Gasteiger partial charge is 0.496 e. The summed E-state index contributed by atoms with van der Waals surface area (Å²) in [6, 6.07) is 8.83. The Bertz CT molecular complexity index is 385. The van der Waals surface area contributed by atoms with Crippen molar-refractivity contribution in [3.63, 3.8) is 0 Å². The molecule has 1 unspecified atom stereocenters. The van der Waals surface area contributed by atoms with E-state index < -0.39 is 0 Å². The number of ether oxygens (including phenoxy) is 1. The molecule has 0 bridgehead atoms. The molecule has 0 radical (unpaired) electrons. The van der Waals surface area contributed by atoms with Crippen LogP contribution in [0.2, 0.25) is 0 Å². The zero-order valence-corrected chi connectivity index (χ0v) is 13.0. The second-order valence-electron chi connectivity index (χ2n) is 6.16. The molecule has 1 aromatic carbocycles. The average Bonchev–Trinajstić information content (AvgIpc) is 2.97. The summed E-state index contributed by atoms with van der Waals surface area (Å²) >= 11 is 0. The fraction of sp³-hybridized carbons (Fsp3) is 0.667. The first-order valence-corrected chi connectivity index (χ1v) is 8.15. The van der Waals surface area contributed by atoms with Crippen molar-refractivity contribution in [3.05, 3.63) is 29.8 Å². The Hall–Kier alpha value is -1.02. The highest BCUT2D eigenvalue weighted by Gasteiger charge is 2.14. The zero-order valence-electron chi connectivity index (χ0n) is 13.0. The lowest BCUT2D eigenvalue weighted by atomic mass is 10.0. The second kappa shape index (κ2) is 8.31. The van der Waals surface area contributed by atoms with Crippen LogP contribution in [-0.4, -0.2) is 19.7 Å². The Kier molecular flexibility index (Phi) is 6.38. The van der Waals surface area contributed by atoms with Crippen LogP contribution in [0, 0.1) is 5.92 Å². The summed E-state index contributed by atoms with van der Waals surface area (Å²) in [7, 11) is 1.75. The Morgan fingerprint density at radius 3 is 2.75 bits per heavy atom. The van der Waals surface area contributed by atoms with Crippen molar-refractivity contribution >= 4 is 0 Å². The Morgan fingerprint density at radius 2 is 2.00 bits per heavy atom.